The van der Waals surface area contributed by atoms with E-state index in [0.717, 1.165) is 18.6 Å². The van der Waals surface area contributed by atoms with Crippen LogP contribution in [0.3, 0.4) is 0 Å². The molecule has 1 heterocycles. The molecule has 2 rings (SSSR count). The Morgan fingerprint density at radius 1 is 1.42 bits per heavy atom. The average Bonchev–Trinajstić information content (AvgIpc) is 2.83. The lowest BCUT2D eigenvalue weighted by molar-refractivity contribution is 0.319. The van der Waals surface area contributed by atoms with E-state index in [0.29, 0.717) is 0 Å². The Morgan fingerprint density at radius 3 is 2.92 bits per heavy atom. The van der Waals surface area contributed by atoms with Crippen molar-refractivity contribution in [2.24, 2.45) is 0 Å². The van der Waals surface area contributed by atoms with Gasteiger partial charge >= 0.3 is 0 Å². The minimum absolute atomic E-state index is 0.726. The zero-order chi connectivity index (χ0) is 8.39. The number of likely N-dealkylation sites (tertiary alicyclic amines) is 1. The molecular formula is C10H18N2. The van der Waals surface area contributed by atoms with Crippen LogP contribution in [0.5, 0.6) is 0 Å². The second kappa shape index (κ2) is 3.58. The van der Waals surface area contributed by atoms with E-state index in [1.54, 1.807) is 0 Å². The number of hydrogen-bond donors (Lipinski definition) is 1. The lowest BCUT2D eigenvalue weighted by Gasteiger charge is -2.14. The first-order chi connectivity index (χ1) is 5.90. The SMILES string of the molecule is C=CCNC1CCN(C2CC2)C1. The quantitative estimate of drug-likeness (QED) is 0.627. The third-order valence-corrected chi connectivity index (χ3v) is 2.83. The standard InChI is InChI=1S/C10H18N2/c1-2-6-11-9-5-7-12(8-9)10-3-4-10/h2,9-11H,1,3-8H2. The Morgan fingerprint density at radius 2 is 2.25 bits per heavy atom. The Bertz CT molecular complexity index is 163. The van der Waals surface area contributed by atoms with Gasteiger partial charge in [-0.05, 0) is 19.3 Å². The van der Waals surface area contributed by atoms with Gasteiger partial charge in [0.15, 0.2) is 0 Å². The Kier molecular flexibility index (Phi) is 2.47. The van der Waals surface area contributed by atoms with Crippen molar-refractivity contribution in [3.63, 3.8) is 0 Å². The van der Waals surface area contributed by atoms with Gasteiger partial charge in [0, 0.05) is 31.7 Å². The van der Waals surface area contributed by atoms with Gasteiger partial charge in [-0.15, -0.1) is 6.58 Å². The summed E-state index contributed by atoms with van der Waals surface area (Å²) in [5, 5.41) is 3.48. The van der Waals surface area contributed by atoms with Crippen molar-refractivity contribution in [1.82, 2.24) is 10.2 Å². The minimum Gasteiger partial charge on any atom is -0.309 e. The van der Waals surface area contributed by atoms with Gasteiger partial charge in [-0.25, -0.2) is 0 Å². The molecule has 0 aromatic rings. The van der Waals surface area contributed by atoms with Crippen molar-refractivity contribution in [3.05, 3.63) is 12.7 Å². The number of nitrogens with zero attached hydrogens (tertiary/aromatic N) is 1. The molecule has 1 aliphatic heterocycles. The molecule has 1 saturated carbocycles. The molecule has 12 heavy (non-hydrogen) atoms. The molecule has 0 radical (unpaired) electrons. The van der Waals surface area contributed by atoms with E-state index in [-0.39, 0.29) is 0 Å². The molecular weight excluding hydrogens is 148 g/mol. The van der Waals surface area contributed by atoms with Crippen molar-refractivity contribution in [3.8, 4) is 0 Å². The molecule has 1 atom stereocenters. The van der Waals surface area contributed by atoms with Gasteiger partial charge in [-0.2, -0.15) is 0 Å². The van der Waals surface area contributed by atoms with E-state index in [4.69, 9.17) is 0 Å². The normalized spacial score (nSPS) is 30.8. The first-order valence-corrected chi connectivity index (χ1v) is 4.98. The molecule has 2 fully saturated rings. The molecule has 2 heteroatoms. The molecule has 2 nitrogen and oxygen atoms in total. The van der Waals surface area contributed by atoms with Crippen LogP contribution in [-0.2, 0) is 0 Å². The van der Waals surface area contributed by atoms with Gasteiger partial charge in [0.25, 0.3) is 0 Å². The highest BCUT2D eigenvalue weighted by Gasteiger charge is 2.33. The lowest BCUT2D eigenvalue weighted by Crippen LogP contribution is -2.33. The molecule has 0 spiro atoms. The summed E-state index contributed by atoms with van der Waals surface area (Å²) in [5.74, 6) is 0. The topological polar surface area (TPSA) is 15.3 Å². The van der Waals surface area contributed by atoms with Gasteiger partial charge in [0.2, 0.25) is 0 Å². The highest BCUT2D eigenvalue weighted by atomic mass is 15.2. The maximum absolute atomic E-state index is 3.71. The van der Waals surface area contributed by atoms with Gasteiger partial charge in [0.05, 0.1) is 0 Å². The first kappa shape index (κ1) is 8.27. The fourth-order valence-corrected chi connectivity index (χ4v) is 1.98. The second-order valence-electron chi connectivity index (χ2n) is 3.91. The maximum Gasteiger partial charge on any atom is 0.0210 e. The third kappa shape index (κ3) is 1.87. The van der Waals surface area contributed by atoms with E-state index >= 15 is 0 Å². The van der Waals surface area contributed by atoms with Crippen molar-refractivity contribution in [1.29, 1.82) is 0 Å². The molecule has 68 valence electrons. The molecule has 0 amide bonds. The Hall–Kier alpha value is -0.340. The summed E-state index contributed by atoms with van der Waals surface area (Å²) in [6.07, 6.45) is 6.15. The summed E-state index contributed by atoms with van der Waals surface area (Å²) < 4.78 is 0. The van der Waals surface area contributed by atoms with Crippen molar-refractivity contribution < 1.29 is 0 Å². The summed E-state index contributed by atoms with van der Waals surface area (Å²) in [5.41, 5.74) is 0. The zero-order valence-electron chi connectivity index (χ0n) is 7.63. The molecule has 1 N–H and O–H groups in total. The van der Waals surface area contributed by atoms with Crippen LogP contribution in [0.25, 0.3) is 0 Å². The van der Waals surface area contributed by atoms with Gasteiger partial charge in [-0.3, -0.25) is 4.90 Å². The predicted molar refractivity (Wildman–Crippen MR) is 51.2 cm³/mol. The molecule has 2 aliphatic rings. The van der Waals surface area contributed by atoms with Crippen LogP contribution >= 0.6 is 0 Å². The smallest absolute Gasteiger partial charge is 0.0210 e. The van der Waals surface area contributed by atoms with E-state index < -0.39 is 0 Å². The monoisotopic (exact) mass is 166 g/mol. The van der Waals surface area contributed by atoms with Gasteiger partial charge < -0.3 is 5.32 Å². The van der Waals surface area contributed by atoms with Crippen LogP contribution < -0.4 is 5.32 Å². The van der Waals surface area contributed by atoms with Crippen LogP contribution in [0.4, 0.5) is 0 Å². The molecule has 1 aliphatic carbocycles. The molecule has 0 aromatic heterocycles. The summed E-state index contributed by atoms with van der Waals surface area (Å²) in [7, 11) is 0. The van der Waals surface area contributed by atoms with E-state index in [2.05, 4.69) is 16.8 Å². The average molecular weight is 166 g/mol. The maximum atomic E-state index is 3.71. The largest absolute Gasteiger partial charge is 0.309 e. The fourth-order valence-electron chi connectivity index (χ4n) is 1.98. The Labute approximate surface area is 74.6 Å². The Balaban J connectivity index is 1.70. The highest BCUT2D eigenvalue weighted by Crippen LogP contribution is 2.29. The molecule has 0 bridgehead atoms. The highest BCUT2D eigenvalue weighted by molar-refractivity contribution is 4.92. The molecule has 1 saturated heterocycles. The molecule has 1 unspecified atom stereocenters. The van der Waals surface area contributed by atoms with Crippen LogP contribution in [0.15, 0.2) is 12.7 Å². The summed E-state index contributed by atoms with van der Waals surface area (Å²) in [6, 6.07) is 1.67. The summed E-state index contributed by atoms with van der Waals surface area (Å²) in [6.45, 7) is 7.24. The van der Waals surface area contributed by atoms with Crippen LogP contribution in [0.1, 0.15) is 19.3 Å². The van der Waals surface area contributed by atoms with E-state index in [1.165, 1.54) is 32.4 Å². The lowest BCUT2D eigenvalue weighted by atomic mass is 10.2. The third-order valence-electron chi connectivity index (χ3n) is 2.83. The number of rotatable bonds is 4. The van der Waals surface area contributed by atoms with E-state index in [1.807, 2.05) is 6.08 Å². The summed E-state index contributed by atoms with van der Waals surface area (Å²) >= 11 is 0. The van der Waals surface area contributed by atoms with Crippen molar-refractivity contribution in [2.45, 2.75) is 31.3 Å². The van der Waals surface area contributed by atoms with Crippen LogP contribution in [-0.4, -0.2) is 36.6 Å². The summed E-state index contributed by atoms with van der Waals surface area (Å²) in [4.78, 5) is 2.63. The molecule has 0 aromatic carbocycles. The number of nitrogens with one attached hydrogen (secondary N) is 1. The van der Waals surface area contributed by atoms with Gasteiger partial charge in [-0.1, -0.05) is 6.08 Å². The minimum atomic E-state index is 0.726. The van der Waals surface area contributed by atoms with Crippen LogP contribution in [0, 0.1) is 0 Å². The van der Waals surface area contributed by atoms with Crippen molar-refractivity contribution in [2.75, 3.05) is 19.6 Å². The van der Waals surface area contributed by atoms with Crippen molar-refractivity contribution >= 4 is 0 Å². The first-order valence-electron chi connectivity index (χ1n) is 4.98. The predicted octanol–water partition coefficient (Wildman–Crippen LogP) is 0.999. The number of hydrogen-bond acceptors (Lipinski definition) is 2. The van der Waals surface area contributed by atoms with Crippen LogP contribution in [0.2, 0.25) is 0 Å². The fraction of sp³-hybridized carbons (Fsp3) is 0.800. The zero-order valence-corrected chi connectivity index (χ0v) is 7.63. The van der Waals surface area contributed by atoms with E-state index in [9.17, 15) is 0 Å². The second-order valence-corrected chi connectivity index (χ2v) is 3.91. The van der Waals surface area contributed by atoms with Gasteiger partial charge in [0.1, 0.15) is 0 Å².